The first-order valence-corrected chi connectivity index (χ1v) is 29.9. The van der Waals surface area contributed by atoms with Crippen LogP contribution in [0, 0.1) is 0 Å². The van der Waals surface area contributed by atoms with E-state index in [-0.39, 0.29) is 18.5 Å². The number of carbonyl (C=O) groups excluding carboxylic acids is 2. The summed E-state index contributed by atoms with van der Waals surface area (Å²) in [6.07, 6.45) is 59.8. The maximum Gasteiger partial charge on any atom is 0.305 e. The number of rotatable bonds is 50. The summed E-state index contributed by atoms with van der Waals surface area (Å²) in [7, 11) is 0. The highest BCUT2D eigenvalue weighted by Crippen LogP contribution is 2.23. The lowest BCUT2D eigenvalue weighted by atomic mass is 9.99. The molecule has 6 N–H and O–H groups in total. The number of hydrogen-bond acceptors (Lipinski definition) is 10. The highest BCUT2D eigenvalue weighted by atomic mass is 16.7. The Hall–Kier alpha value is -3.16. The van der Waals surface area contributed by atoms with E-state index in [1.54, 1.807) is 6.08 Å². The van der Waals surface area contributed by atoms with Crippen molar-refractivity contribution in [2.75, 3.05) is 19.8 Å². The number of hydrogen-bond donors (Lipinski definition) is 6. The maximum absolute atomic E-state index is 13.0. The van der Waals surface area contributed by atoms with Crippen molar-refractivity contribution in [2.24, 2.45) is 0 Å². The van der Waals surface area contributed by atoms with Gasteiger partial charge in [-0.05, 0) is 116 Å². The number of aliphatic hydroxyl groups excluding tert-OH is 5. The van der Waals surface area contributed by atoms with Gasteiger partial charge < -0.3 is 45.1 Å². The molecule has 7 unspecified atom stereocenters. The lowest BCUT2D eigenvalue weighted by molar-refractivity contribution is -0.302. The van der Waals surface area contributed by atoms with E-state index in [1.807, 2.05) is 6.08 Å². The molecule has 1 aliphatic heterocycles. The third kappa shape index (κ3) is 41.1. The minimum Gasteiger partial charge on any atom is -0.466 e. The van der Waals surface area contributed by atoms with Gasteiger partial charge in [0.05, 0.1) is 32.0 Å². The van der Waals surface area contributed by atoms with Gasteiger partial charge in [0.25, 0.3) is 0 Å². The van der Waals surface area contributed by atoms with Crippen LogP contribution in [0.25, 0.3) is 0 Å². The van der Waals surface area contributed by atoms with Crippen LogP contribution >= 0.6 is 0 Å². The van der Waals surface area contributed by atoms with E-state index in [0.717, 1.165) is 103 Å². The molecule has 1 aliphatic rings. The average Bonchev–Trinajstić information content (AvgIpc) is 3.40. The van der Waals surface area contributed by atoms with Crippen LogP contribution in [0.4, 0.5) is 0 Å². The van der Waals surface area contributed by atoms with Gasteiger partial charge in [-0.2, -0.15) is 0 Å². The molecule has 74 heavy (non-hydrogen) atoms. The summed E-state index contributed by atoms with van der Waals surface area (Å²) in [5.74, 6) is -0.249. The summed E-state index contributed by atoms with van der Waals surface area (Å²) in [4.78, 5) is 25.1. The number of carbonyl (C=O) groups is 2. The Morgan fingerprint density at radius 3 is 1.55 bits per heavy atom. The number of amides is 1. The van der Waals surface area contributed by atoms with E-state index in [1.165, 1.54) is 103 Å². The van der Waals surface area contributed by atoms with Gasteiger partial charge in [-0.1, -0.05) is 195 Å². The zero-order chi connectivity index (χ0) is 53.8. The molecule has 0 saturated carbocycles. The lowest BCUT2D eigenvalue weighted by Crippen LogP contribution is -2.60. The minimum atomic E-state index is -1.59. The molecule has 1 fully saturated rings. The van der Waals surface area contributed by atoms with E-state index in [0.29, 0.717) is 25.9 Å². The molecule has 0 spiro atoms. The molecule has 1 amide bonds. The van der Waals surface area contributed by atoms with Crippen molar-refractivity contribution >= 4 is 11.9 Å². The van der Waals surface area contributed by atoms with Gasteiger partial charge in [-0.25, -0.2) is 0 Å². The maximum atomic E-state index is 13.0. The fourth-order valence-electron chi connectivity index (χ4n) is 8.73. The summed E-state index contributed by atoms with van der Waals surface area (Å²) in [5, 5.41) is 54.2. The Morgan fingerprint density at radius 2 is 1.00 bits per heavy atom. The van der Waals surface area contributed by atoms with Crippen LogP contribution in [0.2, 0.25) is 0 Å². The highest BCUT2D eigenvalue weighted by molar-refractivity contribution is 5.76. The second-order valence-electron chi connectivity index (χ2n) is 20.3. The number of nitrogens with one attached hydrogen (secondary N) is 1. The Morgan fingerprint density at radius 1 is 0.527 bits per heavy atom. The van der Waals surface area contributed by atoms with E-state index in [9.17, 15) is 35.1 Å². The SMILES string of the molecule is CC/C=C/CC/C=C/CC/C=C/C(O)C(COC1OC(CO)C(O)C(O)C1O)NC(=O)CCCCCCCCCCCC/C=C\C=C/CCCCCOC(=O)CCCCCCCCC/C=C\C/C=C\CCCCC. The van der Waals surface area contributed by atoms with Crippen LogP contribution in [-0.4, -0.2) is 100 Å². The molecular formula is C63H109NO10. The Labute approximate surface area is 451 Å². The molecule has 0 aromatic rings. The van der Waals surface area contributed by atoms with Gasteiger partial charge >= 0.3 is 5.97 Å². The number of ether oxygens (including phenoxy) is 3. The molecule has 0 aromatic carbocycles. The summed E-state index contributed by atoms with van der Waals surface area (Å²) in [6, 6.07) is -0.844. The summed E-state index contributed by atoms with van der Waals surface area (Å²) in [6.45, 7) is 4.10. The van der Waals surface area contributed by atoms with Gasteiger partial charge in [-0.15, -0.1) is 0 Å². The number of unbranched alkanes of at least 4 members (excludes halogenated alkanes) is 25. The molecule has 1 saturated heterocycles. The van der Waals surface area contributed by atoms with Crippen molar-refractivity contribution in [3.63, 3.8) is 0 Å². The van der Waals surface area contributed by atoms with Gasteiger partial charge in [0.2, 0.25) is 5.91 Å². The van der Waals surface area contributed by atoms with Gasteiger partial charge in [0, 0.05) is 12.8 Å². The Bertz CT molecular complexity index is 1500. The third-order valence-corrected chi connectivity index (χ3v) is 13.5. The topological polar surface area (TPSA) is 175 Å². The van der Waals surface area contributed by atoms with Crippen molar-refractivity contribution in [3.8, 4) is 0 Å². The van der Waals surface area contributed by atoms with Crippen molar-refractivity contribution in [3.05, 3.63) is 85.1 Å². The molecule has 0 aromatic heterocycles. The van der Waals surface area contributed by atoms with Gasteiger partial charge in [-0.3, -0.25) is 9.59 Å². The second kappa shape index (κ2) is 51.9. The standard InChI is InChI=1S/C63H109NO10/c1-3-5-7-9-11-13-15-16-17-21-25-28-31-35-39-43-47-51-59(68)72-52-48-44-40-36-32-29-26-23-20-18-19-22-24-27-30-34-38-42-46-50-58(67)64-55(54-73-63-62(71)61(70)60(69)57(53-65)74-63)56(66)49-45-41-37-33-14-12-10-8-6-4-2/h6,8,11,13-14,16-17,23,26,29,32-33,45,49,55-57,60-63,65-66,69-71H,3-5,7,9-10,12,15,18-22,24-25,27-28,30-31,34-44,46-48,50-54H2,1-2H3,(H,64,67)/b8-6+,13-11-,17-16-,26-23-,32-29-,33-14+,49-45+. The van der Waals surface area contributed by atoms with Crippen LogP contribution < -0.4 is 5.32 Å². The van der Waals surface area contributed by atoms with E-state index >= 15 is 0 Å². The Kier molecular flexibility index (Phi) is 48.3. The van der Waals surface area contributed by atoms with Crippen LogP contribution in [0.5, 0.6) is 0 Å². The summed E-state index contributed by atoms with van der Waals surface area (Å²) < 4.78 is 16.6. The molecule has 0 aliphatic carbocycles. The molecule has 1 rings (SSSR count). The van der Waals surface area contributed by atoms with Crippen molar-refractivity contribution in [1.29, 1.82) is 0 Å². The zero-order valence-electron chi connectivity index (χ0n) is 46.8. The molecule has 1 heterocycles. The predicted octanol–water partition coefficient (Wildman–Crippen LogP) is 13.8. The fraction of sp³-hybridized carbons (Fsp3) is 0.746. The third-order valence-electron chi connectivity index (χ3n) is 13.5. The van der Waals surface area contributed by atoms with E-state index in [4.69, 9.17) is 14.2 Å². The van der Waals surface area contributed by atoms with E-state index < -0.39 is 49.5 Å². The first-order chi connectivity index (χ1) is 36.2. The fourth-order valence-corrected chi connectivity index (χ4v) is 8.73. The summed E-state index contributed by atoms with van der Waals surface area (Å²) >= 11 is 0. The average molecular weight is 1040 g/mol. The predicted molar refractivity (Wildman–Crippen MR) is 306 cm³/mol. The molecular weight excluding hydrogens is 931 g/mol. The minimum absolute atomic E-state index is 0.0384. The largest absolute Gasteiger partial charge is 0.466 e. The molecule has 11 heteroatoms. The zero-order valence-corrected chi connectivity index (χ0v) is 46.8. The second-order valence-corrected chi connectivity index (χ2v) is 20.3. The first-order valence-electron chi connectivity index (χ1n) is 29.9. The molecule has 7 atom stereocenters. The van der Waals surface area contributed by atoms with E-state index in [2.05, 4.69) is 92.1 Å². The summed E-state index contributed by atoms with van der Waals surface area (Å²) in [5.41, 5.74) is 0. The smallest absolute Gasteiger partial charge is 0.305 e. The lowest BCUT2D eigenvalue weighted by Gasteiger charge is -2.40. The van der Waals surface area contributed by atoms with Gasteiger partial charge in [0.1, 0.15) is 24.4 Å². The first kappa shape index (κ1) is 68.9. The van der Waals surface area contributed by atoms with Crippen LogP contribution in [0.3, 0.4) is 0 Å². The molecule has 11 nitrogen and oxygen atoms in total. The van der Waals surface area contributed by atoms with Crippen molar-refractivity contribution in [2.45, 2.75) is 281 Å². The normalized spacial score (nSPS) is 19.5. The quantitative estimate of drug-likeness (QED) is 0.0149. The van der Waals surface area contributed by atoms with Crippen LogP contribution in [0.1, 0.15) is 239 Å². The monoisotopic (exact) mass is 1040 g/mol. The number of aliphatic hydroxyl groups is 5. The van der Waals surface area contributed by atoms with Crippen LogP contribution in [-0.2, 0) is 23.8 Å². The van der Waals surface area contributed by atoms with Crippen molar-refractivity contribution < 1.29 is 49.3 Å². The molecule has 426 valence electrons. The highest BCUT2D eigenvalue weighted by Gasteiger charge is 2.44. The number of esters is 1. The number of allylic oxidation sites excluding steroid dienone is 13. The van der Waals surface area contributed by atoms with Crippen molar-refractivity contribution in [1.82, 2.24) is 5.32 Å². The Balaban J connectivity index is 2.07. The molecule has 0 radical (unpaired) electrons. The molecule has 0 bridgehead atoms. The van der Waals surface area contributed by atoms with Gasteiger partial charge in [0.15, 0.2) is 6.29 Å². The van der Waals surface area contributed by atoms with Crippen LogP contribution in [0.15, 0.2) is 85.1 Å².